The molecule has 1 unspecified atom stereocenters. The van der Waals surface area contributed by atoms with E-state index in [1.807, 2.05) is 18.2 Å². The van der Waals surface area contributed by atoms with Gasteiger partial charge in [0.25, 0.3) is 0 Å². The molecule has 0 saturated carbocycles. The second-order valence-electron chi connectivity index (χ2n) is 4.09. The minimum absolute atomic E-state index is 0.766. The summed E-state index contributed by atoms with van der Waals surface area (Å²) >= 11 is 0. The third-order valence-electron chi connectivity index (χ3n) is 2.62. The Balaban J connectivity index is 2.10. The van der Waals surface area contributed by atoms with Crippen LogP contribution < -0.4 is 0 Å². The molecular formula is C12H15OP. The first-order valence-electron chi connectivity index (χ1n) is 4.95. The molecule has 0 amide bonds. The van der Waals surface area contributed by atoms with Crippen LogP contribution >= 0.6 is 7.14 Å². The Labute approximate surface area is 85.2 Å². The molecule has 0 saturated heterocycles. The average Bonchev–Trinajstić information content (AvgIpc) is 2.47. The van der Waals surface area contributed by atoms with Gasteiger partial charge in [0.05, 0.1) is 7.14 Å². The maximum atomic E-state index is 12.3. The van der Waals surface area contributed by atoms with Crippen molar-refractivity contribution in [2.45, 2.75) is 13.1 Å². The number of hydrogen-bond donors (Lipinski definition) is 0. The van der Waals surface area contributed by atoms with E-state index in [-0.39, 0.29) is 0 Å². The molecule has 0 fully saturated rings. The molecule has 0 bridgehead atoms. The third kappa shape index (κ3) is 2.16. The number of allylic oxidation sites excluding steroid dienone is 2. The van der Waals surface area contributed by atoms with Gasteiger partial charge in [0.2, 0.25) is 0 Å². The maximum absolute atomic E-state index is 12.3. The van der Waals surface area contributed by atoms with Crippen LogP contribution in [0, 0.1) is 0 Å². The van der Waals surface area contributed by atoms with Crippen LogP contribution in [0.4, 0.5) is 0 Å². The lowest BCUT2D eigenvalue weighted by Gasteiger charge is -2.11. The molecule has 1 aromatic rings. The molecule has 1 aliphatic rings. The van der Waals surface area contributed by atoms with Crippen molar-refractivity contribution in [2.75, 3.05) is 12.3 Å². The lowest BCUT2D eigenvalue weighted by atomic mass is 10.2. The van der Waals surface area contributed by atoms with Crippen LogP contribution in [0.1, 0.15) is 12.5 Å². The number of benzene rings is 1. The van der Waals surface area contributed by atoms with E-state index >= 15 is 0 Å². The van der Waals surface area contributed by atoms with Crippen LogP contribution in [0.5, 0.6) is 0 Å². The van der Waals surface area contributed by atoms with Crippen molar-refractivity contribution in [2.24, 2.45) is 0 Å². The van der Waals surface area contributed by atoms with Gasteiger partial charge in [0.15, 0.2) is 0 Å². The molecule has 1 aliphatic heterocycles. The zero-order chi connectivity index (χ0) is 10.0. The molecule has 0 spiro atoms. The lowest BCUT2D eigenvalue weighted by Crippen LogP contribution is -1.91. The molecule has 74 valence electrons. The van der Waals surface area contributed by atoms with Crippen molar-refractivity contribution in [3.05, 3.63) is 47.5 Å². The van der Waals surface area contributed by atoms with Crippen LogP contribution in [0.15, 0.2) is 42.0 Å². The normalized spacial score (nSPS) is 26.2. The van der Waals surface area contributed by atoms with Crippen LogP contribution in [-0.2, 0) is 10.7 Å². The summed E-state index contributed by atoms with van der Waals surface area (Å²) in [5.41, 5.74) is 2.50. The highest BCUT2D eigenvalue weighted by Gasteiger charge is 2.26. The average molecular weight is 206 g/mol. The Hall–Kier alpha value is -0.810. The molecular weight excluding hydrogens is 191 g/mol. The summed E-state index contributed by atoms with van der Waals surface area (Å²) in [5, 5.41) is 0. The monoisotopic (exact) mass is 206 g/mol. The number of rotatable bonds is 2. The fraction of sp³-hybridized carbons (Fsp3) is 0.333. The molecule has 1 aromatic carbocycles. The SMILES string of the molecule is CC1=CCP(=O)(Cc2ccccc2)C1. The molecule has 0 aliphatic carbocycles. The first-order chi connectivity index (χ1) is 6.68. The van der Waals surface area contributed by atoms with Crippen LogP contribution in [0.3, 0.4) is 0 Å². The first kappa shape index (κ1) is 9.73. The van der Waals surface area contributed by atoms with Crippen molar-refractivity contribution in [3.63, 3.8) is 0 Å². The summed E-state index contributed by atoms with van der Waals surface area (Å²) in [6.07, 6.45) is 4.51. The Bertz CT molecular complexity index is 392. The molecule has 0 aromatic heterocycles. The van der Waals surface area contributed by atoms with Crippen molar-refractivity contribution >= 4 is 7.14 Å². The predicted octanol–water partition coefficient (Wildman–Crippen LogP) is 3.51. The van der Waals surface area contributed by atoms with Gasteiger partial charge in [0.1, 0.15) is 0 Å². The van der Waals surface area contributed by atoms with Gasteiger partial charge < -0.3 is 4.57 Å². The first-order valence-corrected chi connectivity index (χ1v) is 7.21. The van der Waals surface area contributed by atoms with E-state index in [1.165, 1.54) is 11.1 Å². The van der Waals surface area contributed by atoms with Gasteiger partial charge >= 0.3 is 0 Å². The molecule has 0 N–H and O–H groups in total. The van der Waals surface area contributed by atoms with Gasteiger partial charge in [-0.1, -0.05) is 42.0 Å². The van der Waals surface area contributed by atoms with E-state index in [9.17, 15) is 4.57 Å². The molecule has 1 atom stereocenters. The lowest BCUT2D eigenvalue weighted by molar-refractivity contribution is 0.578. The van der Waals surface area contributed by atoms with Crippen LogP contribution in [0.25, 0.3) is 0 Å². The summed E-state index contributed by atoms with van der Waals surface area (Å²) in [5.74, 6) is 0. The van der Waals surface area contributed by atoms with Crippen molar-refractivity contribution in [1.82, 2.24) is 0 Å². The highest BCUT2D eigenvalue weighted by atomic mass is 31.2. The third-order valence-corrected chi connectivity index (χ3v) is 5.49. The van der Waals surface area contributed by atoms with Crippen molar-refractivity contribution in [3.8, 4) is 0 Å². The van der Waals surface area contributed by atoms with Gasteiger partial charge in [-0.05, 0) is 12.5 Å². The van der Waals surface area contributed by atoms with Gasteiger partial charge in [-0.3, -0.25) is 0 Å². The Morgan fingerprint density at radius 1 is 1.29 bits per heavy atom. The van der Waals surface area contributed by atoms with E-state index in [4.69, 9.17) is 0 Å². The summed E-state index contributed by atoms with van der Waals surface area (Å²) in [6, 6.07) is 10.1. The standard InChI is InChI=1S/C12H15OP/c1-11-7-8-14(13,9-11)10-12-5-3-2-4-6-12/h2-7H,8-10H2,1H3. The van der Waals surface area contributed by atoms with Crippen molar-refractivity contribution in [1.29, 1.82) is 0 Å². The van der Waals surface area contributed by atoms with Gasteiger partial charge in [0, 0.05) is 18.5 Å². The smallest absolute Gasteiger partial charge is 0.0993 e. The Kier molecular flexibility index (Phi) is 2.60. The van der Waals surface area contributed by atoms with Gasteiger partial charge in [-0.25, -0.2) is 0 Å². The summed E-state index contributed by atoms with van der Waals surface area (Å²) in [7, 11) is -1.94. The number of hydrogen-bond acceptors (Lipinski definition) is 1. The predicted molar refractivity (Wildman–Crippen MR) is 61.2 cm³/mol. The quantitative estimate of drug-likeness (QED) is 0.534. The van der Waals surface area contributed by atoms with Crippen LogP contribution in [0.2, 0.25) is 0 Å². The maximum Gasteiger partial charge on any atom is 0.0993 e. The highest BCUT2D eigenvalue weighted by molar-refractivity contribution is 7.63. The fourth-order valence-corrected chi connectivity index (χ4v) is 4.87. The second kappa shape index (κ2) is 3.74. The summed E-state index contributed by atoms with van der Waals surface area (Å²) < 4.78 is 12.3. The zero-order valence-electron chi connectivity index (χ0n) is 8.44. The summed E-state index contributed by atoms with van der Waals surface area (Å²) in [6.45, 7) is 2.07. The molecule has 0 radical (unpaired) electrons. The fourth-order valence-electron chi connectivity index (χ4n) is 1.94. The Morgan fingerprint density at radius 3 is 2.57 bits per heavy atom. The van der Waals surface area contributed by atoms with Crippen molar-refractivity contribution < 1.29 is 4.57 Å². The van der Waals surface area contributed by atoms with E-state index in [2.05, 4.69) is 25.1 Å². The Morgan fingerprint density at radius 2 is 2.00 bits per heavy atom. The molecule has 2 rings (SSSR count). The second-order valence-corrected chi connectivity index (χ2v) is 7.21. The van der Waals surface area contributed by atoms with E-state index in [1.54, 1.807) is 0 Å². The minimum atomic E-state index is -1.94. The molecule has 14 heavy (non-hydrogen) atoms. The van der Waals surface area contributed by atoms with E-state index in [0.717, 1.165) is 18.5 Å². The van der Waals surface area contributed by atoms with Crippen LogP contribution in [-0.4, -0.2) is 12.3 Å². The zero-order valence-corrected chi connectivity index (χ0v) is 9.34. The topological polar surface area (TPSA) is 17.1 Å². The van der Waals surface area contributed by atoms with Gasteiger partial charge in [-0.2, -0.15) is 0 Å². The molecule has 2 heteroatoms. The molecule has 1 nitrogen and oxygen atoms in total. The molecule has 1 heterocycles. The summed E-state index contributed by atoms with van der Waals surface area (Å²) in [4.78, 5) is 0. The van der Waals surface area contributed by atoms with Gasteiger partial charge in [-0.15, -0.1) is 0 Å². The van der Waals surface area contributed by atoms with E-state index in [0.29, 0.717) is 0 Å². The minimum Gasteiger partial charge on any atom is -0.323 e. The largest absolute Gasteiger partial charge is 0.323 e. The van der Waals surface area contributed by atoms with E-state index < -0.39 is 7.14 Å². The highest BCUT2D eigenvalue weighted by Crippen LogP contribution is 2.54.